The van der Waals surface area contributed by atoms with Gasteiger partial charge in [0.1, 0.15) is 0 Å². The Morgan fingerprint density at radius 2 is 1.59 bits per heavy atom. The van der Waals surface area contributed by atoms with Crippen LogP contribution in [-0.4, -0.2) is 47.1 Å². The zero-order valence-corrected chi connectivity index (χ0v) is 11.8. The van der Waals surface area contributed by atoms with E-state index in [2.05, 4.69) is 46.2 Å². The smallest absolute Gasteiger partial charge is 0.352 e. The van der Waals surface area contributed by atoms with Gasteiger partial charge in [-0.2, -0.15) is 0 Å². The number of rotatable bonds is 2. The summed E-state index contributed by atoms with van der Waals surface area (Å²) in [6, 6.07) is 0. The molecule has 0 aliphatic carbocycles. The predicted molar refractivity (Wildman–Crippen MR) is 68.4 cm³/mol. The second kappa shape index (κ2) is 4.42. The number of hydrogen-bond donors (Lipinski definition) is 0. The molecule has 0 spiro atoms. The van der Waals surface area contributed by atoms with Crippen molar-refractivity contribution in [2.75, 3.05) is 20.1 Å². The minimum atomic E-state index is -0.351. The highest BCUT2D eigenvalue weighted by molar-refractivity contribution is 5.86. The molecule has 1 saturated heterocycles. The number of hydroxylamine groups is 2. The Bertz CT molecular complexity index is 316. The molecule has 0 bridgehead atoms. The Morgan fingerprint density at radius 3 is 1.94 bits per heavy atom. The molecule has 0 amide bonds. The first kappa shape index (κ1) is 14.2. The average Bonchev–Trinajstić information content (AvgIpc) is 2.08. The monoisotopic (exact) mass is 240 g/mol. The summed E-state index contributed by atoms with van der Waals surface area (Å²) in [4.78, 5) is 19.4. The Morgan fingerprint density at radius 1 is 1.18 bits per heavy atom. The molecule has 98 valence electrons. The third-order valence-electron chi connectivity index (χ3n) is 2.94. The highest BCUT2D eigenvalue weighted by Gasteiger charge is 2.46. The number of piperazine rings is 1. The zero-order chi connectivity index (χ0) is 13.4. The molecule has 1 heterocycles. The van der Waals surface area contributed by atoms with Gasteiger partial charge in [-0.05, 0) is 41.7 Å². The molecule has 0 aromatic carbocycles. The molecule has 0 aromatic heterocycles. The summed E-state index contributed by atoms with van der Waals surface area (Å²) in [6.07, 6.45) is 0. The molecule has 1 fully saturated rings. The van der Waals surface area contributed by atoms with Crippen molar-refractivity contribution >= 4 is 5.97 Å². The number of carbonyl (C=O) groups excluding carboxylic acids is 1. The van der Waals surface area contributed by atoms with Crippen molar-refractivity contribution in [1.29, 1.82) is 0 Å². The molecule has 1 rings (SSSR count). The number of likely N-dealkylation sites (N-methyl/N-ethyl adjacent to an activating group) is 1. The fourth-order valence-electron chi connectivity index (χ4n) is 2.73. The molecule has 0 aromatic rings. The van der Waals surface area contributed by atoms with Gasteiger partial charge in [-0.15, -0.1) is 5.06 Å². The lowest BCUT2D eigenvalue weighted by Crippen LogP contribution is -2.67. The number of nitrogens with zero attached hydrogens (tertiary/aromatic N) is 2. The summed E-state index contributed by atoms with van der Waals surface area (Å²) in [7, 11) is 2.08. The first-order valence-electron chi connectivity index (χ1n) is 5.93. The predicted octanol–water partition coefficient (Wildman–Crippen LogP) is 1.83. The number of carbonyl (C=O) groups is 1. The Labute approximate surface area is 104 Å². The van der Waals surface area contributed by atoms with E-state index >= 15 is 0 Å². The minimum Gasteiger partial charge on any atom is -0.363 e. The molecule has 0 radical (unpaired) electrons. The molecule has 0 saturated carbocycles. The van der Waals surface area contributed by atoms with E-state index in [9.17, 15) is 4.79 Å². The van der Waals surface area contributed by atoms with Crippen LogP contribution in [0.15, 0.2) is 12.2 Å². The van der Waals surface area contributed by atoms with Gasteiger partial charge in [-0.3, -0.25) is 0 Å². The summed E-state index contributed by atoms with van der Waals surface area (Å²) in [6.45, 7) is 15.3. The Hall–Kier alpha value is -0.870. The second-order valence-electron chi connectivity index (χ2n) is 6.25. The van der Waals surface area contributed by atoms with E-state index in [0.717, 1.165) is 13.1 Å². The second-order valence-corrected chi connectivity index (χ2v) is 6.25. The van der Waals surface area contributed by atoms with E-state index in [1.54, 1.807) is 6.92 Å². The maximum Gasteiger partial charge on any atom is 0.352 e. The SMILES string of the molecule is C=C(C)C(=O)ON1C(C)(C)CN(C)CC1(C)C. The summed E-state index contributed by atoms with van der Waals surface area (Å²) < 4.78 is 0. The first-order valence-corrected chi connectivity index (χ1v) is 5.93. The zero-order valence-electron chi connectivity index (χ0n) is 11.8. The normalized spacial score (nSPS) is 24.4. The Kier molecular flexibility index (Phi) is 3.69. The molecular weight excluding hydrogens is 216 g/mol. The van der Waals surface area contributed by atoms with Gasteiger partial charge in [0.15, 0.2) is 0 Å². The van der Waals surface area contributed by atoms with Gasteiger partial charge in [0.05, 0.1) is 11.1 Å². The highest BCUT2D eigenvalue weighted by Crippen LogP contribution is 2.32. The van der Waals surface area contributed by atoms with E-state index in [0.29, 0.717) is 5.57 Å². The van der Waals surface area contributed by atoms with Crippen LogP contribution >= 0.6 is 0 Å². The quantitative estimate of drug-likeness (QED) is 0.689. The molecule has 0 unspecified atom stereocenters. The van der Waals surface area contributed by atoms with E-state index in [4.69, 9.17) is 4.84 Å². The van der Waals surface area contributed by atoms with Crippen LogP contribution in [0, 0.1) is 0 Å². The standard InChI is InChI=1S/C13H24N2O2/c1-10(2)11(16)17-15-12(3,4)8-14(7)9-13(15,5)6/h1,8-9H2,2-7H3. The molecule has 0 N–H and O–H groups in total. The molecule has 1 aliphatic heterocycles. The lowest BCUT2D eigenvalue weighted by molar-refractivity contribution is -0.269. The van der Waals surface area contributed by atoms with Crippen LogP contribution in [0.4, 0.5) is 0 Å². The average molecular weight is 240 g/mol. The van der Waals surface area contributed by atoms with Crippen LogP contribution < -0.4 is 0 Å². The van der Waals surface area contributed by atoms with Crippen LogP contribution in [0.25, 0.3) is 0 Å². The van der Waals surface area contributed by atoms with Gasteiger partial charge in [-0.25, -0.2) is 4.79 Å². The Balaban J connectivity index is 2.93. The van der Waals surface area contributed by atoms with Crippen LogP contribution in [0.5, 0.6) is 0 Å². The third-order valence-corrected chi connectivity index (χ3v) is 2.94. The fraction of sp³-hybridized carbons (Fsp3) is 0.769. The lowest BCUT2D eigenvalue weighted by Gasteiger charge is -2.53. The maximum atomic E-state index is 11.7. The van der Waals surface area contributed by atoms with E-state index in [1.807, 2.05) is 5.06 Å². The van der Waals surface area contributed by atoms with E-state index < -0.39 is 0 Å². The van der Waals surface area contributed by atoms with Crippen molar-refractivity contribution in [2.24, 2.45) is 0 Å². The van der Waals surface area contributed by atoms with Gasteiger partial charge < -0.3 is 9.74 Å². The lowest BCUT2D eigenvalue weighted by atomic mass is 9.91. The third kappa shape index (κ3) is 3.07. The maximum absolute atomic E-state index is 11.7. The van der Waals surface area contributed by atoms with Crippen molar-refractivity contribution in [2.45, 2.75) is 45.7 Å². The minimum absolute atomic E-state index is 0.207. The topological polar surface area (TPSA) is 32.8 Å². The molecule has 0 atom stereocenters. The van der Waals surface area contributed by atoms with Crippen molar-refractivity contribution in [3.8, 4) is 0 Å². The van der Waals surface area contributed by atoms with Gasteiger partial charge >= 0.3 is 5.97 Å². The molecule has 17 heavy (non-hydrogen) atoms. The van der Waals surface area contributed by atoms with E-state index in [1.165, 1.54) is 0 Å². The van der Waals surface area contributed by atoms with Gasteiger partial charge in [0.25, 0.3) is 0 Å². The van der Waals surface area contributed by atoms with Crippen LogP contribution in [0.3, 0.4) is 0 Å². The van der Waals surface area contributed by atoms with Crippen LogP contribution in [0.2, 0.25) is 0 Å². The molecule has 4 heteroatoms. The van der Waals surface area contributed by atoms with Crippen molar-refractivity contribution < 1.29 is 9.63 Å². The number of hydrogen-bond acceptors (Lipinski definition) is 4. The van der Waals surface area contributed by atoms with Crippen molar-refractivity contribution in [3.63, 3.8) is 0 Å². The first-order chi connectivity index (χ1) is 7.56. The van der Waals surface area contributed by atoms with Crippen molar-refractivity contribution in [3.05, 3.63) is 12.2 Å². The molecule has 4 nitrogen and oxygen atoms in total. The van der Waals surface area contributed by atoms with Crippen LogP contribution in [-0.2, 0) is 9.63 Å². The van der Waals surface area contributed by atoms with Gasteiger partial charge in [0, 0.05) is 18.7 Å². The summed E-state index contributed by atoms with van der Waals surface area (Å²) in [5, 5.41) is 1.82. The van der Waals surface area contributed by atoms with Crippen molar-refractivity contribution in [1.82, 2.24) is 9.96 Å². The molecule has 1 aliphatic rings. The highest BCUT2D eigenvalue weighted by atomic mass is 16.7. The summed E-state index contributed by atoms with van der Waals surface area (Å²) in [5.74, 6) is -0.351. The fourth-order valence-corrected chi connectivity index (χ4v) is 2.73. The van der Waals surface area contributed by atoms with E-state index in [-0.39, 0.29) is 17.0 Å². The van der Waals surface area contributed by atoms with Gasteiger partial charge in [-0.1, -0.05) is 6.58 Å². The van der Waals surface area contributed by atoms with Crippen LogP contribution in [0.1, 0.15) is 34.6 Å². The largest absolute Gasteiger partial charge is 0.363 e. The summed E-state index contributed by atoms with van der Waals surface area (Å²) >= 11 is 0. The summed E-state index contributed by atoms with van der Waals surface area (Å²) in [5.41, 5.74) is 0.0129. The van der Waals surface area contributed by atoms with Gasteiger partial charge in [0.2, 0.25) is 0 Å². The molecular formula is C13H24N2O2.